The van der Waals surface area contributed by atoms with E-state index in [1.165, 1.54) is 5.56 Å². The number of aryl methyl sites for hydroxylation is 2. The SMILES string of the molecule is CCn1nnnc1NCc1ccc(OCc2ccccc2C)c(OC)c1. The van der Waals surface area contributed by atoms with Gasteiger partial charge in [0.05, 0.1) is 7.11 Å². The average Bonchev–Trinajstić information content (AvgIpc) is 3.13. The molecule has 0 radical (unpaired) electrons. The van der Waals surface area contributed by atoms with Crippen molar-refractivity contribution in [3.63, 3.8) is 0 Å². The number of ether oxygens (including phenoxy) is 2. The Kier molecular flexibility index (Phi) is 5.68. The van der Waals surface area contributed by atoms with Crippen LogP contribution in [-0.2, 0) is 19.7 Å². The van der Waals surface area contributed by atoms with Gasteiger partial charge in [0.1, 0.15) is 6.61 Å². The van der Waals surface area contributed by atoms with E-state index in [1.54, 1.807) is 11.8 Å². The molecule has 0 saturated heterocycles. The van der Waals surface area contributed by atoms with Crippen LogP contribution in [0, 0.1) is 6.92 Å². The quantitative estimate of drug-likeness (QED) is 0.670. The molecule has 0 aliphatic rings. The molecule has 0 atom stereocenters. The third kappa shape index (κ3) is 4.11. The Morgan fingerprint density at radius 2 is 1.96 bits per heavy atom. The van der Waals surface area contributed by atoms with Crippen molar-refractivity contribution in [2.45, 2.75) is 33.5 Å². The van der Waals surface area contributed by atoms with Gasteiger partial charge in [0.15, 0.2) is 11.5 Å². The number of tetrazole rings is 1. The van der Waals surface area contributed by atoms with Crippen molar-refractivity contribution >= 4 is 5.95 Å². The smallest absolute Gasteiger partial charge is 0.243 e. The second kappa shape index (κ2) is 8.33. The fraction of sp³-hybridized carbons (Fsp3) is 0.316. The average molecular weight is 353 g/mol. The normalized spacial score (nSPS) is 10.6. The van der Waals surface area contributed by atoms with Gasteiger partial charge in [-0.2, -0.15) is 0 Å². The highest BCUT2D eigenvalue weighted by Crippen LogP contribution is 2.29. The minimum absolute atomic E-state index is 0.506. The largest absolute Gasteiger partial charge is 0.493 e. The first-order valence-corrected chi connectivity index (χ1v) is 8.55. The van der Waals surface area contributed by atoms with Crippen LogP contribution in [0.25, 0.3) is 0 Å². The van der Waals surface area contributed by atoms with Crippen LogP contribution in [0.5, 0.6) is 11.5 Å². The van der Waals surface area contributed by atoms with Crippen LogP contribution in [0.1, 0.15) is 23.6 Å². The molecule has 0 amide bonds. The minimum atomic E-state index is 0.506. The Labute approximate surface area is 152 Å². The Morgan fingerprint density at radius 1 is 1.12 bits per heavy atom. The predicted molar refractivity (Wildman–Crippen MR) is 99.3 cm³/mol. The van der Waals surface area contributed by atoms with Crippen molar-refractivity contribution in [1.82, 2.24) is 20.2 Å². The molecule has 1 heterocycles. The van der Waals surface area contributed by atoms with E-state index >= 15 is 0 Å². The van der Waals surface area contributed by atoms with Gasteiger partial charge in [-0.05, 0) is 53.1 Å². The van der Waals surface area contributed by atoms with Gasteiger partial charge in [-0.1, -0.05) is 35.4 Å². The van der Waals surface area contributed by atoms with Crippen LogP contribution < -0.4 is 14.8 Å². The lowest BCUT2D eigenvalue weighted by Crippen LogP contribution is -2.08. The Hall–Kier alpha value is -3.09. The van der Waals surface area contributed by atoms with Crippen molar-refractivity contribution in [2.75, 3.05) is 12.4 Å². The fourth-order valence-electron chi connectivity index (χ4n) is 2.59. The van der Waals surface area contributed by atoms with E-state index in [1.807, 2.05) is 37.3 Å². The Morgan fingerprint density at radius 3 is 2.73 bits per heavy atom. The number of benzene rings is 2. The summed E-state index contributed by atoms with van der Waals surface area (Å²) in [5.41, 5.74) is 3.42. The molecule has 0 saturated carbocycles. The molecule has 3 rings (SSSR count). The van der Waals surface area contributed by atoms with E-state index < -0.39 is 0 Å². The Bertz CT molecular complexity index is 863. The van der Waals surface area contributed by atoms with Gasteiger partial charge >= 0.3 is 0 Å². The van der Waals surface area contributed by atoms with Gasteiger partial charge in [-0.3, -0.25) is 0 Å². The van der Waals surface area contributed by atoms with E-state index in [9.17, 15) is 0 Å². The highest BCUT2D eigenvalue weighted by Gasteiger charge is 2.09. The maximum Gasteiger partial charge on any atom is 0.243 e. The van der Waals surface area contributed by atoms with E-state index in [0.29, 0.717) is 31.4 Å². The van der Waals surface area contributed by atoms with Crippen molar-refractivity contribution in [2.24, 2.45) is 0 Å². The van der Waals surface area contributed by atoms with Gasteiger partial charge < -0.3 is 14.8 Å². The van der Waals surface area contributed by atoms with Crippen molar-refractivity contribution in [3.05, 3.63) is 59.2 Å². The topological polar surface area (TPSA) is 74.1 Å². The number of aromatic nitrogens is 4. The number of anilines is 1. The van der Waals surface area contributed by atoms with Gasteiger partial charge in [0, 0.05) is 13.1 Å². The molecule has 0 fully saturated rings. The molecular formula is C19H23N5O2. The second-order valence-corrected chi connectivity index (χ2v) is 5.87. The third-order valence-electron chi connectivity index (χ3n) is 4.15. The molecule has 26 heavy (non-hydrogen) atoms. The lowest BCUT2D eigenvalue weighted by molar-refractivity contribution is 0.283. The molecular weight excluding hydrogens is 330 g/mol. The first kappa shape index (κ1) is 17.7. The van der Waals surface area contributed by atoms with Crippen LogP contribution in [0.4, 0.5) is 5.95 Å². The molecule has 3 aromatic rings. The first-order chi connectivity index (χ1) is 12.7. The second-order valence-electron chi connectivity index (χ2n) is 5.87. The predicted octanol–water partition coefficient (Wildman–Crippen LogP) is 3.20. The number of hydrogen-bond donors (Lipinski definition) is 1. The van der Waals surface area contributed by atoms with Crippen molar-refractivity contribution in [1.29, 1.82) is 0 Å². The van der Waals surface area contributed by atoms with Gasteiger partial charge in [-0.25, -0.2) is 4.68 Å². The number of nitrogens with zero attached hydrogens (tertiary/aromatic N) is 4. The molecule has 136 valence electrons. The summed E-state index contributed by atoms with van der Waals surface area (Å²) in [5, 5.41) is 14.8. The van der Waals surface area contributed by atoms with Crippen LogP contribution in [0.15, 0.2) is 42.5 Å². The summed E-state index contributed by atoms with van der Waals surface area (Å²) < 4.78 is 13.1. The molecule has 0 aliphatic heterocycles. The zero-order valence-corrected chi connectivity index (χ0v) is 15.3. The van der Waals surface area contributed by atoms with Gasteiger partial charge in [-0.15, -0.1) is 0 Å². The molecule has 0 unspecified atom stereocenters. The maximum absolute atomic E-state index is 5.95. The van der Waals surface area contributed by atoms with E-state index in [2.05, 4.69) is 39.9 Å². The number of nitrogens with one attached hydrogen (secondary N) is 1. The zero-order chi connectivity index (χ0) is 18.4. The summed E-state index contributed by atoms with van der Waals surface area (Å²) in [6.07, 6.45) is 0. The lowest BCUT2D eigenvalue weighted by Gasteiger charge is -2.13. The highest BCUT2D eigenvalue weighted by atomic mass is 16.5. The van der Waals surface area contributed by atoms with E-state index in [-0.39, 0.29) is 0 Å². The van der Waals surface area contributed by atoms with Crippen LogP contribution in [-0.4, -0.2) is 27.3 Å². The molecule has 2 aromatic carbocycles. The van der Waals surface area contributed by atoms with Crippen molar-refractivity contribution < 1.29 is 9.47 Å². The van der Waals surface area contributed by atoms with Crippen LogP contribution in [0.2, 0.25) is 0 Å². The number of hydrogen-bond acceptors (Lipinski definition) is 6. The summed E-state index contributed by atoms with van der Waals surface area (Å²) >= 11 is 0. The molecule has 1 N–H and O–H groups in total. The Balaban J connectivity index is 1.66. The van der Waals surface area contributed by atoms with Gasteiger partial charge in [0.25, 0.3) is 0 Å². The number of methoxy groups -OCH3 is 1. The van der Waals surface area contributed by atoms with E-state index in [4.69, 9.17) is 9.47 Å². The van der Waals surface area contributed by atoms with Gasteiger partial charge in [0.2, 0.25) is 5.95 Å². The third-order valence-corrected chi connectivity index (χ3v) is 4.15. The van der Waals surface area contributed by atoms with E-state index in [0.717, 1.165) is 16.9 Å². The highest BCUT2D eigenvalue weighted by molar-refractivity contribution is 5.44. The summed E-state index contributed by atoms with van der Waals surface area (Å²) in [6.45, 7) is 5.88. The van der Waals surface area contributed by atoms with Crippen LogP contribution >= 0.6 is 0 Å². The minimum Gasteiger partial charge on any atom is -0.493 e. The lowest BCUT2D eigenvalue weighted by atomic mass is 10.1. The molecule has 0 bridgehead atoms. The molecule has 7 heteroatoms. The van der Waals surface area contributed by atoms with Crippen LogP contribution in [0.3, 0.4) is 0 Å². The first-order valence-electron chi connectivity index (χ1n) is 8.55. The van der Waals surface area contributed by atoms with Crippen molar-refractivity contribution in [3.8, 4) is 11.5 Å². The molecule has 0 aliphatic carbocycles. The summed E-state index contributed by atoms with van der Waals surface area (Å²) in [5.74, 6) is 2.07. The summed E-state index contributed by atoms with van der Waals surface area (Å²) in [4.78, 5) is 0. The monoisotopic (exact) mass is 353 g/mol. The maximum atomic E-state index is 5.95. The summed E-state index contributed by atoms with van der Waals surface area (Å²) in [7, 11) is 1.64. The fourth-order valence-corrected chi connectivity index (χ4v) is 2.59. The summed E-state index contributed by atoms with van der Waals surface area (Å²) in [6, 6.07) is 14.1. The zero-order valence-electron chi connectivity index (χ0n) is 15.3. The molecule has 1 aromatic heterocycles. The standard InChI is InChI=1S/C19H23N5O2/c1-4-24-19(21-22-23-24)20-12-15-9-10-17(18(11-15)25-3)26-13-16-8-6-5-7-14(16)2/h5-11H,4,12-13H2,1-3H3,(H,20,21,23). The molecule has 7 nitrogen and oxygen atoms in total. The molecule has 0 spiro atoms. The number of rotatable bonds is 8.